The van der Waals surface area contributed by atoms with Crippen LogP contribution in [-0.2, 0) is 7.05 Å². The Kier molecular flexibility index (Phi) is 4.24. The summed E-state index contributed by atoms with van der Waals surface area (Å²) in [5, 5.41) is 2.35. The molecule has 3 aromatic rings. The molecule has 2 heteroatoms. The van der Waals surface area contributed by atoms with Crippen molar-refractivity contribution in [2.45, 2.75) is 45.4 Å². The Morgan fingerprint density at radius 1 is 1.04 bits per heavy atom. The molecule has 0 atom stereocenters. The SMILES string of the molecule is [C-]#[N+]c1ccc2c(-c3cc(C4CCCC4)cc(C)c3C)[n+](C)ccc2c1. The monoisotopic (exact) mass is 341 g/mol. The van der Waals surface area contributed by atoms with E-state index < -0.39 is 0 Å². The minimum Gasteiger partial charge on any atom is -0.238 e. The van der Waals surface area contributed by atoms with Gasteiger partial charge < -0.3 is 0 Å². The zero-order valence-corrected chi connectivity index (χ0v) is 15.8. The van der Waals surface area contributed by atoms with Crippen LogP contribution in [0, 0.1) is 20.4 Å². The summed E-state index contributed by atoms with van der Waals surface area (Å²) >= 11 is 0. The van der Waals surface area contributed by atoms with Crippen LogP contribution < -0.4 is 4.57 Å². The second-order valence-electron chi connectivity index (χ2n) is 7.65. The first-order valence-electron chi connectivity index (χ1n) is 9.50. The summed E-state index contributed by atoms with van der Waals surface area (Å²) in [5.41, 5.74) is 7.50. The summed E-state index contributed by atoms with van der Waals surface area (Å²) in [6.45, 7) is 11.8. The van der Waals surface area contributed by atoms with Gasteiger partial charge in [0.2, 0.25) is 5.69 Å². The number of aryl methyl sites for hydroxylation is 2. The van der Waals surface area contributed by atoms with E-state index in [-0.39, 0.29) is 0 Å². The van der Waals surface area contributed by atoms with Gasteiger partial charge in [0, 0.05) is 6.07 Å². The molecule has 130 valence electrons. The van der Waals surface area contributed by atoms with Gasteiger partial charge in [-0.2, -0.15) is 0 Å². The number of nitrogens with zero attached hydrogens (tertiary/aromatic N) is 2. The highest BCUT2D eigenvalue weighted by Gasteiger charge is 2.23. The van der Waals surface area contributed by atoms with Crippen LogP contribution in [0.1, 0.15) is 48.3 Å². The van der Waals surface area contributed by atoms with E-state index >= 15 is 0 Å². The van der Waals surface area contributed by atoms with Crippen molar-refractivity contribution in [2.24, 2.45) is 7.05 Å². The molecule has 0 aliphatic heterocycles. The molecule has 1 heterocycles. The van der Waals surface area contributed by atoms with Crippen LogP contribution in [0.3, 0.4) is 0 Å². The van der Waals surface area contributed by atoms with Crippen LogP contribution in [0.2, 0.25) is 0 Å². The van der Waals surface area contributed by atoms with Crippen LogP contribution in [0.15, 0.2) is 42.6 Å². The van der Waals surface area contributed by atoms with E-state index in [1.54, 1.807) is 0 Å². The smallest absolute Gasteiger partial charge is 0.220 e. The second kappa shape index (κ2) is 6.57. The number of fused-ring (bicyclic) bond motifs is 1. The third kappa shape index (κ3) is 2.78. The van der Waals surface area contributed by atoms with Gasteiger partial charge in [-0.3, -0.25) is 0 Å². The molecule has 0 amide bonds. The topological polar surface area (TPSA) is 8.24 Å². The quantitative estimate of drug-likeness (QED) is 0.390. The predicted molar refractivity (Wildman–Crippen MR) is 108 cm³/mol. The molecule has 1 aromatic heterocycles. The molecule has 2 nitrogen and oxygen atoms in total. The summed E-state index contributed by atoms with van der Waals surface area (Å²) in [6, 6.07) is 13.0. The molecule has 2 aromatic carbocycles. The van der Waals surface area contributed by atoms with E-state index in [0.717, 1.165) is 5.39 Å². The summed E-state index contributed by atoms with van der Waals surface area (Å²) in [6.07, 6.45) is 7.46. The number of hydrogen-bond acceptors (Lipinski definition) is 0. The summed E-state index contributed by atoms with van der Waals surface area (Å²) in [5.74, 6) is 0.710. The average Bonchev–Trinajstić information content (AvgIpc) is 3.18. The Bertz CT molecular complexity index is 1030. The van der Waals surface area contributed by atoms with Gasteiger partial charge in [-0.1, -0.05) is 31.0 Å². The predicted octanol–water partition coefficient (Wildman–Crippen LogP) is 6.16. The van der Waals surface area contributed by atoms with E-state index in [9.17, 15) is 0 Å². The maximum Gasteiger partial charge on any atom is 0.220 e. The van der Waals surface area contributed by atoms with Crippen LogP contribution in [0.5, 0.6) is 0 Å². The number of hydrogen-bond donors (Lipinski definition) is 0. The molecular formula is C24H25N2+. The van der Waals surface area contributed by atoms with Gasteiger partial charge in [0.05, 0.1) is 17.5 Å². The second-order valence-corrected chi connectivity index (χ2v) is 7.65. The van der Waals surface area contributed by atoms with E-state index in [1.807, 2.05) is 12.1 Å². The van der Waals surface area contributed by atoms with Crippen LogP contribution in [0.4, 0.5) is 5.69 Å². The van der Waals surface area contributed by atoms with Gasteiger partial charge in [0.1, 0.15) is 7.05 Å². The van der Waals surface area contributed by atoms with Crippen molar-refractivity contribution in [2.75, 3.05) is 0 Å². The lowest BCUT2D eigenvalue weighted by Gasteiger charge is -2.16. The highest BCUT2D eigenvalue weighted by atomic mass is 14.9. The third-order valence-corrected chi connectivity index (χ3v) is 6.02. The van der Waals surface area contributed by atoms with Crippen molar-refractivity contribution in [3.8, 4) is 11.3 Å². The van der Waals surface area contributed by atoms with Gasteiger partial charge in [-0.25, -0.2) is 9.41 Å². The van der Waals surface area contributed by atoms with Gasteiger partial charge in [0.25, 0.3) is 0 Å². The van der Waals surface area contributed by atoms with E-state index in [1.165, 1.54) is 59.0 Å². The van der Waals surface area contributed by atoms with E-state index in [4.69, 9.17) is 6.57 Å². The minimum absolute atomic E-state index is 0.699. The van der Waals surface area contributed by atoms with Crippen LogP contribution >= 0.6 is 0 Å². The first-order chi connectivity index (χ1) is 12.6. The van der Waals surface area contributed by atoms with Crippen molar-refractivity contribution in [1.82, 2.24) is 0 Å². The average molecular weight is 341 g/mol. The lowest BCUT2D eigenvalue weighted by molar-refractivity contribution is -0.659. The summed E-state index contributed by atoms with van der Waals surface area (Å²) in [4.78, 5) is 3.59. The van der Waals surface area contributed by atoms with Crippen molar-refractivity contribution in [1.29, 1.82) is 0 Å². The molecule has 1 aliphatic carbocycles. The molecule has 1 saturated carbocycles. The Hall–Kier alpha value is -2.66. The molecule has 1 aliphatic rings. The standard InChI is InChI=1S/C24H25N2/c1-16-13-20(18-7-5-6-8-18)15-23(17(16)2)24-22-10-9-21(25-3)14-19(22)11-12-26(24)4/h9-15,18H,5-8H2,1-2,4H3/q+1. The molecule has 0 radical (unpaired) electrons. The fourth-order valence-corrected chi connectivity index (χ4v) is 4.39. The van der Waals surface area contributed by atoms with E-state index in [0.29, 0.717) is 11.6 Å². The molecule has 26 heavy (non-hydrogen) atoms. The largest absolute Gasteiger partial charge is 0.238 e. The van der Waals surface area contributed by atoms with Crippen LogP contribution in [0.25, 0.3) is 26.9 Å². The molecule has 0 saturated heterocycles. The zero-order valence-electron chi connectivity index (χ0n) is 15.8. The summed E-state index contributed by atoms with van der Waals surface area (Å²) in [7, 11) is 2.12. The Labute approximate surface area is 155 Å². The maximum absolute atomic E-state index is 7.28. The lowest BCUT2D eigenvalue weighted by atomic mass is 9.89. The zero-order chi connectivity index (χ0) is 18.3. The highest BCUT2D eigenvalue weighted by molar-refractivity contribution is 5.95. The molecule has 1 fully saturated rings. The van der Waals surface area contributed by atoms with Gasteiger partial charge in [-0.05, 0) is 66.8 Å². The van der Waals surface area contributed by atoms with E-state index in [2.05, 4.69) is 60.8 Å². The number of rotatable bonds is 2. The van der Waals surface area contributed by atoms with Crippen molar-refractivity contribution in [3.63, 3.8) is 0 Å². The van der Waals surface area contributed by atoms with Gasteiger partial charge in [0.15, 0.2) is 11.9 Å². The molecular weight excluding hydrogens is 316 g/mol. The van der Waals surface area contributed by atoms with Crippen molar-refractivity contribution in [3.05, 3.63) is 70.7 Å². The van der Waals surface area contributed by atoms with Crippen molar-refractivity contribution < 1.29 is 4.57 Å². The number of benzene rings is 2. The fourth-order valence-electron chi connectivity index (χ4n) is 4.39. The highest BCUT2D eigenvalue weighted by Crippen LogP contribution is 2.38. The molecule has 0 unspecified atom stereocenters. The maximum atomic E-state index is 7.28. The third-order valence-electron chi connectivity index (χ3n) is 6.02. The van der Waals surface area contributed by atoms with Crippen molar-refractivity contribution >= 4 is 16.5 Å². The minimum atomic E-state index is 0.699. The first-order valence-corrected chi connectivity index (χ1v) is 9.50. The molecule has 0 bridgehead atoms. The number of aromatic nitrogens is 1. The normalized spacial score (nSPS) is 14.7. The first kappa shape index (κ1) is 16.8. The Morgan fingerprint density at radius 2 is 1.81 bits per heavy atom. The van der Waals surface area contributed by atoms with Gasteiger partial charge in [-0.15, -0.1) is 0 Å². The van der Waals surface area contributed by atoms with Gasteiger partial charge >= 0.3 is 0 Å². The number of pyridine rings is 1. The summed E-state index contributed by atoms with van der Waals surface area (Å²) < 4.78 is 2.22. The molecule has 0 spiro atoms. The fraction of sp³-hybridized carbons (Fsp3) is 0.333. The molecule has 0 N–H and O–H groups in total. The Balaban J connectivity index is 1.97. The van der Waals surface area contributed by atoms with Crippen LogP contribution in [-0.4, -0.2) is 0 Å². The lowest BCUT2D eigenvalue weighted by Crippen LogP contribution is -2.30. The molecule has 4 rings (SSSR count). The Morgan fingerprint density at radius 3 is 2.54 bits per heavy atom.